The lowest BCUT2D eigenvalue weighted by atomic mass is 10.2. The molecule has 1 aromatic heterocycles. The second-order valence-electron chi connectivity index (χ2n) is 7.20. The second-order valence-corrected chi connectivity index (χ2v) is 7.20. The highest BCUT2D eigenvalue weighted by Gasteiger charge is 2.20. The minimum Gasteiger partial charge on any atom is -0.497 e. The largest absolute Gasteiger partial charge is 0.497 e. The molecule has 2 N–H and O–H groups in total. The Morgan fingerprint density at radius 1 is 0.879 bits per heavy atom. The van der Waals surface area contributed by atoms with Crippen LogP contribution in [0.1, 0.15) is 18.4 Å². The van der Waals surface area contributed by atoms with Gasteiger partial charge in [0.15, 0.2) is 0 Å². The van der Waals surface area contributed by atoms with Crippen molar-refractivity contribution in [1.82, 2.24) is 10.3 Å². The molecular weight excluding hydrogens is 420 g/mol. The number of anilines is 2. The van der Waals surface area contributed by atoms with Crippen LogP contribution in [-0.2, 0) is 20.9 Å². The third-order valence-corrected chi connectivity index (χ3v) is 4.82. The zero-order valence-electron chi connectivity index (χ0n) is 18.4. The number of methoxy groups -OCH3 is 1. The number of aromatic nitrogens is 1. The summed E-state index contributed by atoms with van der Waals surface area (Å²) >= 11 is 0. The van der Waals surface area contributed by atoms with Crippen molar-refractivity contribution in [2.75, 3.05) is 23.9 Å². The molecule has 0 radical (unpaired) electrons. The van der Waals surface area contributed by atoms with Crippen LogP contribution in [0.4, 0.5) is 11.5 Å². The molecule has 0 aliphatic carbocycles. The van der Waals surface area contributed by atoms with Gasteiger partial charge >= 0.3 is 0 Å². The van der Waals surface area contributed by atoms with Crippen LogP contribution >= 0.6 is 0 Å². The Balaban J connectivity index is 1.63. The minimum atomic E-state index is -0.341. The number of carbonyl (C=O) groups is 3. The average Bonchev–Trinajstić information content (AvgIpc) is 2.86. The van der Waals surface area contributed by atoms with Crippen molar-refractivity contribution >= 4 is 29.2 Å². The second kappa shape index (κ2) is 12.0. The van der Waals surface area contributed by atoms with E-state index in [9.17, 15) is 14.4 Å². The van der Waals surface area contributed by atoms with Crippen molar-refractivity contribution in [2.45, 2.75) is 19.4 Å². The third-order valence-electron chi connectivity index (χ3n) is 4.82. The van der Waals surface area contributed by atoms with Gasteiger partial charge in [0.2, 0.25) is 17.7 Å². The van der Waals surface area contributed by atoms with Gasteiger partial charge in [-0.1, -0.05) is 36.4 Å². The fourth-order valence-electron chi connectivity index (χ4n) is 3.08. The highest BCUT2D eigenvalue weighted by molar-refractivity contribution is 6.01. The predicted octanol–water partition coefficient (Wildman–Crippen LogP) is 3.16. The zero-order chi connectivity index (χ0) is 23.5. The first-order valence-corrected chi connectivity index (χ1v) is 10.5. The van der Waals surface area contributed by atoms with E-state index in [0.717, 1.165) is 5.56 Å². The number of hydrogen-bond acceptors (Lipinski definition) is 5. The molecular formula is C25H26N4O4. The molecule has 33 heavy (non-hydrogen) atoms. The summed E-state index contributed by atoms with van der Waals surface area (Å²) in [5, 5.41) is 5.48. The standard InChI is InChI=1S/C25H26N4O4/c1-33-21-12-10-20(11-13-21)29(18-24(31)27-17-19-7-3-2-4-8-19)25(32)15-14-23(30)28-22-9-5-6-16-26-22/h2-13,16H,14-15,17-18H2,1H3,(H,27,31)(H,26,28,30). The summed E-state index contributed by atoms with van der Waals surface area (Å²) < 4.78 is 5.17. The fourth-order valence-corrected chi connectivity index (χ4v) is 3.08. The number of nitrogens with zero attached hydrogens (tertiary/aromatic N) is 2. The van der Waals surface area contributed by atoms with Crippen molar-refractivity contribution in [3.63, 3.8) is 0 Å². The first-order chi connectivity index (χ1) is 16.0. The van der Waals surface area contributed by atoms with Crippen LogP contribution in [-0.4, -0.2) is 36.4 Å². The van der Waals surface area contributed by atoms with Crippen molar-refractivity contribution in [1.29, 1.82) is 0 Å². The molecule has 0 aliphatic rings. The van der Waals surface area contributed by atoms with Gasteiger partial charge in [-0.15, -0.1) is 0 Å². The SMILES string of the molecule is COc1ccc(N(CC(=O)NCc2ccccc2)C(=O)CCC(=O)Nc2ccccn2)cc1. The van der Waals surface area contributed by atoms with Crippen LogP contribution in [0.5, 0.6) is 5.75 Å². The fraction of sp³-hybridized carbons (Fsp3) is 0.200. The molecule has 0 atom stereocenters. The maximum Gasteiger partial charge on any atom is 0.240 e. The Bertz CT molecular complexity index is 1060. The molecule has 0 unspecified atom stereocenters. The van der Waals surface area contributed by atoms with Crippen molar-refractivity contribution in [3.05, 3.63) is 84.6 Å². The number of nitrogens with one attached hydrogen (secondary N) is 2. The topological polar surface area (TPSA) is 101 Å². The average molecular weight is 447 g/mol. The molecule has 0 saturated carbocycles. The Kier molecular flexibility index (Phi) is 8.53. The molecule has 3 rings (SSSR count). The van der Waals surface area contributed by atoms with Gasteiger partial charge in [-0.05, 0) is 42.0 Å². The lowest BCUT2D eigenvalue weighted by molar-refractivity contribution is -0.125. The Hall–Kier alpha value is -4.20. The summed E-state index contributed by atoms with van der Waals surface area (Å²) in [4.78, 5) is 43.2. The van der Waals surface area contributed by atoms with Gasteiger partial charge in [0.05, 0.1) is 7.11 Å². The molecule has 0 fully saturated rings. The van der Waals surface area contributed by atoms with E-state index in [0.29, 0.717) is 23.8 Å². The number of amides is 3. The van der Waals surface area contributed by atoms with Crippen LogP contribution in [0.3, 0.4) is 0 Å². The number of carbonyl (C=O) groups excluding carboxylic acids is 3. The highest BCUT2D eigenvalue weighted by atomic mass is 16.5. The molecule has 170 valence electrons. The molecule has 1 heterocycles. The number of hydrogen-bond donors (Lipinski definition) is 2. The van der Waals surface area contributed by atoms with Crippen molar-refractivity contribution in [2.24, 2.45) is 0 Å². The molecule has 8 heteroatoms. The summed E-state index contributed by atoms with van der Waals surface area (Å²) in [6, 6.07) is 21.5. The summed E-state index contributed by atoms with van der Waals surface area (Å²) in [6.45, 7) is 0.191. The summed E-state index contributed by atoms with van der Waals surface area (Å²) in [6.07, 6.45) is 1.48. The van der Waals surface area contributed by atoms with Crippen LogP contribution in [0.15, 0.2) is 79.0 Å². The van der Waals surface area contributed by atoms with Gasteiger partial charge in [-0.3, -0.25) is 14.4 Å². The Morgan fingerprint density at radius 2 is 1.61 bits per heavy atom. The summed E-state index contributed by atoms with van der Waals surface area (Å²) in [5.74, 6) is 0.0779. The quantitative estimate of drug-likeness (QED) is 0.498. The number of benzene rings is 2. The normalized spacial score (nSPS) is 10.2. The first-order valence-electron chi connectivity index (χ1n) is 10.5. The van der Waals surface area contributed by atoms with Gasteiger partial charge in [-0.2, -0.15) is 0 Å². The van der Waals surface area contributed by atoms with Gasteiger partial charge in [0.25, 0.3) is 0 Å². The lowest BCUT2D eigenvalue weighted by Gasteiger charge is -2.23. The molecule has 3 amide bonds. The van der Waals surface area contributed by atoms with Crippen LogP contribution < -0.4 is 20.3 Å². The van der Waals surface area contributed by atoms with E-state index in [1.54, 1.807) is 55.8 Å². The van der Waals surface area contributed by atoms with E-state index in [-0.39, 0.29) is 37.1 Å². The van der Waals surface area contributed by atoms with Gasteiger partial charge in [0, 0.05) is 31.3 Å². The predicted molar refractivity (Wildman–Crippen MR) is 126 cm³/mol. The summed E-state index contributed by atoms with van der Waals surface area (Å²) in [7, 11) is 1.55. The molecule has 0 bridgehead atoms. The Morgan fingerprint density at radius 3 is 2.27 bits per heavy atom. The van der Waals surface area contributed by atoms with Crippen molar-refractivity contribution < 1.29 is 19.1 Å². The number of ether oxygens (including phenoxy) is 1. The minimum absolute atomic E-state index is 0.0340. The third kappa shape index (κ3) is 7.46. The van der Waals surface area contributed by atoms with E-state index < -0.39 is 0 Å². The van der Waals surface area contributed by atoms with Gasteiger partial charge in [-0.25, -0.2) is 4.98 Å². The molecule has 8 nitrogen and oxygen atoms in total. The van der Waals surface area contributed by atoms with Crippen LogP contribution in [0.25, 0.3) is 0 Å². The smallest absolute Gasteiger partial charge is 0.240 e. The molecule has 3 aromatic rings. The lowest BCUT2D eigenvalue weighted by Crippen LogP contribution is -2.41. The molecule has 0 spiro atoms. The highest BCUT2D eigenvalue weighted by Crippen LogP contribution is 2.20. The zero-order valence-corrected chi connectivity index (χ0v) is 18.4. The van der Waals surface area contributed by atoms with E-state index in [1.165, 1.54) is 4.90 Å². The monoisotopic (exact) mass is 446 g/mol. The van der Waals surface area contributed by atoms with Crippen LogP contribution in [0, 0.1) is 0 Å². The van der Waals surface area contributed by atoms with E-state index >= 15 is 0 Å². The number of rotatable bonds is 10. The van der Waals surface area contributed by atoms with Gasteiger partial charge < -0.3 is 20.3 Å². The molecule has 0 saturated heterocycles. The van der Waals surface area contributed by atoms with Crippen LogP contribution in [0.2, 0.25) is 0 Å². The van der Waals surface area contributed by atoms with Gasteiger partial charge in [0.1, 0.15) is 18.1 Å². The maximum atomic E-state index is 13.0. The maximum absolute atomic E-state index is 13.0. The van der Waals surface area contributed by atoms with E-state index in [2.05, 4.69) is 15.6 Å². The van der Waals surface area contributed by atoms with E-state index in [4.69, 9.17) is 4.74 Å². The van der Waals surface area contributed by atoms with E-state index in [1.807, 2.05) is 30.3 Å². The molecule has 0 aliphatic heterocycles. The Labute approximate surface area is 192 Å². The molecule has 2 aromatic carbocycles. The number of pyridine rings is 1. The first kappa shape index (κ1) is 23.5. The van der Waals surface area contributed by atoms with Crippen molar-refractivity contribution in [3.8, 4) is 5.75 Å². The summed E-state index contributed by atoms with van der Waals surface area (Å²) in [5.41, 5.74) is 1.50.